The molecule has 0 radical (unpaired) electrons. The number of hydrogen-bond donors (Lipinski definition) is 1. The van der Waals surface area contributed by atoms with Gasteiger partial charge in [-0.15, -0.1) is 0 Å². The van der Waals surface area contributed by atoms with Crippen molar-refractivity contribution in [2.75, 3.05) is 11.9 Å². The highest BCUT2D eigenvalue weighted by Crippen LogP contribution is 2.21. The van der Waals surface area contributed by atoms with Crippen LogP contribution in [0.5, 0.6) is 0 Å². The summed E-state index contributed by atoms with van der Waals surface area (Å²) in [4.78, 5) is 23.6. The maximum Gasteiger partial charge on any atom is 0.339 e. The first-order chi connectivity index (χ1) is 10.1. The van der Waals surface area contributed by atoms with Crippen LogP contribution in [0.4, 0.5) is 5.69 Å². The number of anilines is 1. The van der Waals surface area contributed by atoms with Gasteiger partial charge in [-0.1, -0.05) is 24.3 Å². The lowest BCUT2D eigenvalue weighted by Gasteiger charge is -2.08. The Labute approximate surface area is 144 Å². The summed E-state index contributed by atoms with van der Waals surface area (Å²) in [6.07, 6.45) is 0. The highest BCUT2D eigenvalue weighted by atomic mass is 127. The molecule has 6 heteroatoms. The zero-order chi connectivity index (χ0) is 15.2. The molecule has 0 spiro atoms. The zero-order valence-corrected chi connectivity index (χ0v) is 14.6. The van der Waals surface area contributed by atoms with Gasteiger partial charge in [-0.3, -0.25) is 4.79 Å². The van der Waals surface area contributed by atoms with Crippen LogP contribution in [0.25, 0.3) is 0 Å². The molecule has 1 N–H and O–H groups in total. The van der Waals surface area contributed by atoms with Crippen molar-refractivity contribution in [1.82, 2.24) is 0 Å². The average Bonchev–Trinajstić information content (AvgIpc) is 2.48. The van der Waals surface area contributed by atoms with Crippen LogP contribution in [0, 0.1) is 3.57 Å². The van der Waals surface area contributed by atoms with Crippen molar-refractivity contribution in [2.24, 2.45) is 0 Å². The van der Waals surface area contributed by atoms with E-state index >= 15 is 0 Å². The molecule has 2 aromatic carbocycles. The van der Waals surface area contributed by atoms with Gasteiger partial charge in [0.1, 0.15) is 0 Å². The van der Waals surface area contributed by atoms with E-state index in [4.69, 9.17) is 4.74 Å². The Morgan fingerprint density at radius 3 is 2.48 bits per heavy atom. The average molecular weight is 460 g/mol. The van der Waals surface area contributed by atoms with Crippen molar-refractivity contribution in [3.05, 3.63) is 62.1 Å². The number of carbonyl (C=O) groups is 2. The quantitative estimate of drug-likeness (QED) is 0.558. The predicted molar refractivity (Wildman–Crippen MR) is 92.2 cm³/mol. The summed E-state index contributed by atoms with van der Waals surface area (Å²) in [6.45, 7) is -0.328. The number of amides is 1. The second kappa shape index (κ2) is 7.56. The van der Waals surface area contributed by atoms with Gasteiger partial charge in [-0.2, -0.15) is 0 Å². The van der Waals surface area contributed by atoms with Crippen LogP contribution in [0.2, 0.25) is 0 Å². The summed E-state index contributed by atoms with van der Waals surface area (Å²) in [5.74, 6) is -0.900. The highest BCUT2D eigenvalue weighted by molar-refractivity contribution is 14.1. The summed E-state index contributed by atoms with van der Waals surface area (Å²) in [7, 11) is 0. The fourth-order valence-electron chi connectivity index (χ4n) is 1.58. The number of esters is 1. The van der Waals surface area contributed by atoms with Crippen LogP contribution in [0.3, 0.4) is 0 Å². The fourth-order valence-corrected chi connectivity index (χ4v) is 2.58. The van der Waals surface area contributed by atoms with Gasteiger partial charge in [-0.25, -0.2) is 4.79 Å². The number of nitrogens with one attached hydrogen (secondary N) is 1. The molecule has 0 aliphatic carbocycles. The molecule has 2 aromatic rings. The molecule has 0 saturated heterocycles. The molecule has 2 rings (SSSR count). The van der Waals surface area contributed by atoms with Crippen LogP contribution in [-0.2, 0) is 9.53 Å². The third-order valence-electron chi connectivity index (χ3n) is 2.58. The standard InChI is InChI=1S/C15H11BrINO3/c16-11-6-2-4-8-13(11)18-14(19)9-21-15(20)10-5-1-3-7-12(10)17/h1-8H,9H2,(H,18,19). The van der Waals surface area contributed by atoms with E-state index in [0.29, 0.717) is 11.3 Å². The molecule has 108 valence electrons. The summed E-state index contributed by atoms with van der Waals surface area (Å²) in [6, 6.07) is 14.3. The molecular weight excluding hydrogens is 449 g/mol. The number of ether oxygens (including phenoxy) is 1. The Hall–Kier alpha value is -1.41. The Bertz CT molecular complexity index is 675. The van der Waals surface area contributed by atoms with E-state index in [-0.39, 0.29) is 12.5 Å². The lowest BCUT2D eigenvalue weighted by Crippen LogP contribution is -2.21. The van der Waals surface area contributed by atoms with E-state index in [9.17, 15) is 9.59 Å². The Kier molecular flexibility index (Phi) is 5.75. The second-order valence-corrected chi connectivity index (χ2v) is 6.10. The smallest absolute Gasteiger partial charge is 0.339 e. The van der Waals surface area contributed by atoms with E-state index in [0.717, 1.165) is 8.04 Å². The molecule has 0 aliphatic heterocycles. The number of halogens is 2. The van der Waals surface area contributed by atoms with E-state index < -0.39 is 5.97 Å². The van der Waals surface area contributed by atoms with Crippen molar-refractivity contribution in [3.63, 3.8) is 0 Å². The van der Waals surface area contributed by atoms with Crippen molar-refractivity contribution in [2.45, 2.75) is 0 Å². The normalized spacial score (nSPS) is 10.0. The molecule has 0 aliphatic rings. The maximum absolute atomic E-state index is 11.9. The van der Waals surface area contributed by atoms with Crippen LogP contribution >= 0.6 is 38.5 Å². The molecule has 1 amide bonds. The van der Waals surface area contributed by atoms with Gasteiger partial charge in [0.05, 0.1) is 11.3 Å². The van der Waals surface area contributed by atoms with Gasteiger partial charge in [0.25, 0.3) is 5.91 Å². The molecule has 4 nitrogen and oxygen atoms in total. The summed E-state index contributed by atoms with van der Waals surface area (Å²) in [5.41, 5.74) is 1.08. The number of benzene rings is 2. The summed E-state index contributed by atoms with van der Waals surface area (Å²) in [5, 5.41) is 2.67. The SMILES string of the molecule is O=C(COC(=O)c1ccccc1I)Nc1ccccc1Br. The van der Waals surface area contributed by atoms with Gasteiger partial charge < -0.3 is 10.1 Å². The van der Waals surface area contributed by atoms with Crippen molar-refractivity contribution < 1.29 is 14.3 Å². The lowest BCUT2D eigenvalue weighted by atomic mass is 10.2. The lowest BCUT2D eigenvalue weighted by molar-refractivity contribution is -0.119. The maximum atomic E-state index is 11.9. The molecule has 0 atom stereocenters. The third-order valence-corrected chi connectivity index (χ3v) is 4.21. The number of para-hydroxylation sites is 1. The van der Waals surface area contributed by atoms with E-state index in [1.807, 2.05) is 40.8 Å². The first kappa shape index (κ1) is 16.0. The minimum Gasteiger partial charge on any atom is -0.452 e. The Balaban J connectivity index is 1.91. The molecule has 0 bridgehead atoms. The van der Waals surface area contributed by atoms with Gasteiger partial charge in [0.15, 0.2) is 6.61 Å². The van der Waals surface area contributed by atoms with E-state index in [2.05, 4.69) is 21.2 Å². The predicted octanol–water partition coefficient (Wildman–Crippen LogP) is 3.85. The van der Waals surface area contributed by atoms with Crippen LogP contribution in [-0.4, -0.2) is 18.5 Å². The highest BCUT2D eigenvalue weighted by Gasteiger charge is 2.13. The molecular formula is C15H11BrINO3. The van der Waals surface area contributed by atoms with Crippen molar-refractivity contribution in [3.8, 4) is 0 Å². The molecule has 0 saturated carbocycles. The van der Waals surface area contributed by atoms with E-state index in [1.54, 1.807) is 30.3 Å². The zero-order valence-electron chi connectivity index (χ0n) is 10.8. The molecule has 21 heavy (non-hydrogen) atoms. The van der Waals surface area contributed by atoms with Crippen LogP contribution in [0.1, 0.15) is 10.4 Å². The molecule has 0 heterocycles. The fraction of sp³-hybridized carbons (Fsp3) is 0.0667. The van der Waals surface area contributed by atoms with Gasteiger partial charge in [0, 0.05) is 8.04 Å². The minimum absolute atomic E-state index is 0.328. The van der Waals surface area contributed by atoms with Crippen LogP contribution in [0.15, 0.2) is 53.0 Å². The number of hydrogen-bond acceptors (Lipinski definition) is 3. The van der Waals surface area contributed by atoms with Gasteiger partial charge in [0.2, 0.25) is 0 Å². The Morgan fingerprint density at radius 1 is 1.10 bits per heavy atom. The monoisotopic (exact) mass is 459 g/mol. The molecule has 0 unspecified atom stereocenters. The first-order valence-electron chi connectivity index (χ1n) is 6.04. The summed E-state index contributed by atoms with van der Waals surface area (Å²) >= 11 is 5.38. The van der Waals surface area contributed by atoms with E-state index in [1.165, 1.54) is 0 Å². The first-order valence-corrected chi connectivity index (χ1v) is 7.91. The third kappa shape index (κ3) is 4.53. The van der Waals surface area contributed by atoms with Crippen molar-refractivity contribution in [1.29, 1.82) is 0 Å². The number of carbonyl (C=O) groups excluding carboxylic acids is 2. The van der Waals surface area contributed by atoms with Crippen molar-refractivity contribution >= 4 is 56.1 Å². The molecule has 0 fully saturated rings. The topological polar surface area (TPSA) is 55.4 Å². The van der Waals surface area contributed by atoms with Gasteiger partial charge >= 0.3 is 5.97 Å². The Morgan fingerprint density at radius 2 is 1.76 bits per heavy atom. The van der Waals surface area contributed by atoms with Crippen LogP contribution < -0.4 is 5.32 Å². The second-order valence-electron chi connectivity index (χ2n) is 4.08. The largest absolute Gasteiger partial charge is 0.452 e. The van der Waals surface area contributed by atoms with Gasteiger partial charge in [-0.05, 0) is 62.8 Å². The number of rotatable bonds is 4. The molecule has 0 aromatic heterocycles. The summed E-state index contributed by atoms with van der Waals surface area (Å²) < 4.78 is 6.56. The minimum atomic E-state index is -0.512.